The van der Waals surface area contributed by atoms with E-state index in [1.807, 2.05) is 25.1 Å². The molecule has 2 aliphatic carbocycles. The first-order chi connectivity index (χ1) is 12.5. The summed E-state index contributed by atoms with van der Waals surface area (Å²) < 4.78 is 5.92. The van der Waals surface area contributed by atoms with Crippen molar-refractivity contribution >= 4 is 23.6 Å². The molecule has 1 aromatic carbocycles. The van der Waals surface area contributed by atoms with Gasteiger partial charge in [0.2, 0.25) is 0 Å². The number of benzene rings is 1. The van der Waals surface area contributed by atoms with Crippen LogP contribution >= 0.6 is 11.8 Å². The minimum Gasteiger partial charge on any atom is -0.480 e. The van der Waals surface area contributed by atoms with E-state index >= 15 is 0 Å². The molecule has 2 fully saturated rings. The molecule has 2 N–H and O–H groups in total. The Kier molecular flexibility index (Phi) is 5.92. The largest absolute Gasteiger partial charge is 0.480 e. The Labute approximate surface area is 158 Å². The van der Waals surface area contributed by atoms with Gasteiger partial charge in [-0.3, -0.25) is 9.59 Å². The molecule has 1 spiro atoms. The third-order valence-corrected chi connectivity index (χ3v) is 6.94. The van der Waals surface area contributed by atoms with Crippen molar-refractivity contribution in [3.63, 3.8) is 0 Å². The first-order valence-electron chi connectivity index (χ1n) is 9.39. The zero-order chi connectivity index (χ0) is 18.7. The Morgan fingerprint density at radius 2 is 2.04 bits per heavy atom. The van der Waals surface area contributed by atoms with E-state index in [9.17, 15) is 9.59 Å². The zero-order valence-corrected chi connectivity index (χ0v) is 16.2. The number of hydrogen-bond donors (Lipinski definition) is 2. The van der Waals surface area contributed by atoms with Gasteiger partial charge in [0.05, 0.1) is 11.7 Å². The number of thioether (sulfide) groups is 1. The van der Waals surface area contributed by atoms with Crippen LogP contribution in [0.2, 0.25) is 0 Å². The van der Waals surface area contributed by atoms with E-state index in [1.165, 1.54) is 24.6 Å². The van der Waals surface area contributed by atoms with Gasteiger partial charge in [-0.2, -0.15) is 0 Å². The van der Waals surface area contributed by atoms with Crippen LogP contribution in [0.25, 0.3) is 0 Å². The standard InChI is InChI=1S/C20H27NO4S/c1-3-25-17-12-16(20(17)10-6-7-11-20)21-18(22)14-8-4-5-9-15(14)26-13(2)19(23)24/h4-5,8-9,13,16-17H,3,6-7,10-12H2,1-2H3,(H,21,22)(H,23,24). The minimum absolute atomic E-state index is 0.0854. The molecule has 1 amide bonds. The maximum Gasteiger partial charge on any atom is 0.316 e. The van der Waals surface area contributed by atoms with Crippen molar-refractivity contribution in [3.8, 4) is 0 Å². The molecule has 5 nitrogen and oxygen atoms in total. The summed E-state index contributed by atoms with van der Waals surface area (Å²) in [6.07, 6.45) is 5.71. The fourth-order valence-corrected chi connectivity index (χ4v) is 5.25. The summed E-state index contributed by atoms with van der Waals surface area (Å²) in [5, 5.41) is 11.8. The van der Waals surface area contributed by atoms with E-state index in [2.05, 4.69) is 5.32 Å². The average Bonchev–Trinajstić information content (AvgIpc) is 3.14. The third-order valence-electron chi connectivity index (χ3n) is 5.78. The zero-order valence-electron chi connectivity index (χ0n) is 15.4. The predicted molar refractivity (Wildman–Crippen MR) is 102 cm³/mol. The molecule has 0 aromatic heterocycles. The normalized spacial score (nSPS) is 24.8. The molecule has 2 aliphatic rings. The number of nitrogens with one attached hydrogen (secondary N) is 1. The summed E-state index contributed by atoms with van der Waals surface area (Å²) in [5.41, 5.74) is 0.640. The number of rotatable bonds is 7. The minimum atomic E-state index is -0.881. The molecule has 26 heavy (non-hydrogen) atoms. The molecule has 1 aromatic rings. The van der Waals surface area contributed by atoms with Crippen LogP contribution in [0.4, 0.5) is 0 Å². The van der Waals surface area contributed by atoms with Crippen LogP contribution in [0.3, 0.4) is 0 Å². The predicted octanol–water partition coefficient (Wildman–Crippen LogP) is 3.72. The van der Waals surface area contributed by atoms with Crippen molar-refractivity contribution in [2.45, 2.75) is 68.2 Å². The van der Waals surface area contributed by atoms with Crippen molar-refractivity contribution in [1.29, 1.82) is 0 Å². The number of carboxylic acids is 1. The Bertz CT molecular complexity index is 672. The summed E-state index contributed by atoms with van der Waals surface area (Å²) >= 11 is 1.21. The highest BCUT2D eigenvalue weighted by Gasteiger charge is 2.57. The van der Waals surface area contributed by atoms with Gasteiger partial charge >= 0.3 is 5.97 Å². The molecule has 2 saturated carbocycles. The smallest absolute Gasteiger partial charge is 0.316 e. The lowest BCUT2D eigenvalue weighted by Gasteiger charge is -2.54. The molecule has 142 valence electrons. The van der Waals surface area contributed by atoms with Gasteiger partial charge in [-0.05, 0) is 45.2 Å². The van der Waals surface area contributed by atoms with Crippen molar-refractivity contribution in [1.82, 2.24) is 5.32 Å². The van der Waals surface area contributed by atoms with E-state index in [1.54, 1.807) is 13.0 Å². The SMILES string of the molecule is CCOC1CC(NC(=O)c2ccccc2SC(C)C(=O)O)C12CCCC2. The van der Waals surface area contributed by atoms with Crippen LogP contribution < -0.4 is 5.32 Å². The Morgan fingerprint density at radius 3 is 2.69 bits per heavy atom. The molecule has 0 radical (unpaired) electrons. The van der Waals surface area contributed by atoms with Gasteiger partial charge in [-0.25, -0.2) is 0 Å². The van der Waals surface area contributed by atoms with Crippen molar-refractivity contribution < 1.29 is 19.4 Å². The summed E-state index contributed by atoms with van der Waals surface area (Å²) in [7, 11) is 0. The number of carboxylic acid groups (broad SMARTS) is 1. The first kappa shape index (κ1) is 19.2. The van der Waals surface area contributed by atoms with Gasteiger partial charge in [0.25, 0.3) is 5.91 Å². The number of hydrogen-bond acceptors (Lipinski definition) is 4. The Hall–Kier alpha value is -1.53. The molecular formula is C20H27NO4S. The first-order valence-corrected chi connectivity index (χ1v) is 10.3. The quantitative estimate of drug-likeness (QED) is 0.708. The lowest BCUT2D eigenvalue weighted by molar-refractivity contribution is -0.136. The van der Waals surface area contributed by atoms with Gasteiger partial charge in [0.15, 0.2) is 0 Å². The summed E-state index contributed by atoms with van der Waals surface area (Å²) in [4.78, 5) is 24.8. The third kappa shape index (κ3) is 3.62. The highest BCUT2D eigenvalue weighted by molar-refractivity contribution is 8.00. The van der Waals surface area contributed by atoms with Gasteiger partial charge < -0.3 is 15.2 Å². The molecule has 0 aliphatic heterocycles. The second-order valence-electron chi connectivity index (χ2n) is 7.24. The Balaban J connectivity index is 1.72. The number of carbonyl (C=O) groups excluding carboxylic acids is 1. The van der Waals surface area contributed by atoms with Crippen LogP contribution in [0.5, 0.6) is 0 Å². The average molecular weight is 378 g/mol. The van der Waals surface area contributed by atoms with Crippen LogP contribution in [-0.4, -0.2) is 41.0 Å². The van der Waals surface area contributed by atoms with Crippen molar-refractivity contribution in [2.75, 3.05) is 6.61 Å². The topological polar surface area (TPSA) is 75.6 Å². The molecule has 6 heteroatoms. The fourth-order valence-electron chi connectivity index (χ4n) is 4.32. The number of carbonyl (C=O) groups is 2. The van der Waals surface area contributed by atoms with Gasteiger partial charge in [0.1, 0.15) is 5.25 Å². The van der Waals surface area contributed by atoms with E-state index < -0.39 is 11.2 Å². The summed E-state index contributed by atoms with van der Waals surface area (Å²) in [6.45, 7) is 4.36. The fraction of sp³-hybridized carbons (Fsp3) is 0.600. The highest BCUT2D eigenvalue weighted by Crippen LogP contribution is 2.54. The number of amides is 1. The van der Waals surface area contributed by atoms with E-state index in [4.69, 9.17) is 9.84 Å². The Morgan fingerprint density at radius 1 is 1.35 bits per heavy atom. The van der Waals surface area contributed by atoms with Gasteiger partial charge in [-0.1, -0.05) is 25.0 Å². The maximum absolute atomic E-state index is 12.9. The number of ether oxygens (including phenoxy) is 1. The van der Waals surface area contributed by atoms with E-state index in [0.29, 0.717) is 17.1 Å². The van der Waals surface area contributed by atoms with Crippen LogP contribution in [-0.2, 0) is 9.53 Å². The van der Waals surface area contributed by atoms with Gasteiger partial charge in [-0.15, -0.1) is 11.8 Å². The molecule has 0 heterocycles. The molecular weight excluding hydrogens is 350 g/mol. The highest BCUT2D eigenvalue weighted by atomic mass is 32.2. The lowest BCUT2D eigenvalue weighted by Crippen LogP contribution is -2.63. The summed E-state index contributed by atoms with van der Waals surface area (Å²) in [6, 6.07) is 7.38. The molecule has 0 saturated heterocycles. The lowest BCUT2D eigenvalue weighted by atomic mass is 9.60. The van der Waals surface area contributed by atoms with E-state index in [0.717, 1.165) is 19.3 Å². The van der Waals surface area contributed by atoms with Crippen molar-refractivity contribution in [2.24, 2.45) is 5.41 Å². The molecule has 3 unspecified atom stereocenters. The molecule has 0 bridgehead atoms. The second kappa shape index (κ2) is 8.01. The second-order valence-corrected chi connectivity index (χ2v) is 8.62. The molecule has 3 rings (SSSR count). The van der Waals surface area contributed by atoms with Crippen molar-refractivity contribution in [3.05, 3.63) is 29.8 Å². The van der Waals surface area contributed by atoms with Crippen LogP contribution in [0.1, 0.15) is 56.3 Å². The van der Waals surface area contributed by atoms with Gasteiger partial charge in [0, 0.05) is 23.0 Å². The summed E-state index contributed by atoms with van der Waals surface area (Å²) in [5.74, 6) is -0.995. The molecule has 3 atom stereocenters. The maximum atomic E-state index is 12.9. The monoisotopic (exact) mass is 377 g/mol. The van der Waals surface area contributed by atoms with Crippen LogP contribution in [0, 0.1) is 5.41 Å². The number of aliphatic carboxylic acids is 1. The van der Waals surface area contributed by atoms with E-state index in [-0.39, 0.29) is 23.5 Å². The van der Waals surface area contributed by atoms with Crippen LogP contribution in [0.15, 0.2) is 29.2 Å².